The summed E-state index contributed by atoms with van der Waals surface area (Å²) in [5.41, 5.74) is 1.70. The van der Waals surface area contributed by atoms with Gasteiger partial charge in [0.05, 0.1) is 23.8 Å². The van der Waals surface area contributed by atoms with Gasteiger partial charge in [0.2, 0.25) is 5.91 Å². The summed E-state index contributed by atoms with van der Waals surface area (Å²) in [5.74, 6) is -0.396. The zero-order chi connectivity index (χ0) is 15.9. The molecule has 1 heterocycles. The molecule has 2 rings (SSSR count). The smallest absolute Gasteiger partial charge is 0.239 e. The molecule has 4 nitrogen and oxygen atoms in total. The summed E-state index contributed by atoms with van der Waals surface area (Å²) in [6.07, 6.45) is 2.05. The van der Waals surface area contributed by atoms with E-state index in [0.29, 0.717) is 6.54 Å². The minimum absolute atomic E-state index is 0.103. The van der Waals surface area contributed by atoms with E-state index in [0.717, 1.165) is 34.1 Å². The van der Waals surface area contributed by atoms with Crippen LogP contribution in [0.25, 0.3) is 0 Å². The van der Waals surface area contributed by atoms with Gasteiger partial charge >= 0.3 is 0 Å². The lowest BCUT2D eigenvalue weighted by Crippen LogP contribution is -2.29. The summed E-state index contributed by atoms with van der Waals surface area (Å²) < 4.78 is 12.8. The molecule has 0 radical (unpaired) electrons. The maximum atomic E-state index is 12.8. The average molecular weight is 321 g/mol. The zero-order valence-corrected chi connectivity index (χ0v) is 13.6. The van der Waals surface area contributed by atoms with Gasteiger partial charge in [-0.15, -0.1) is 11.3 Å². The second-order valence-electron chi connectivity index (χ2n) is 5.00. The maximum Gasteiger partial charge on any atom is 0.239 e. The van der Waals surface area contributed by atoms with E-state index in [4.69, 9.17) is 0 Å². The number of carbonyl (C=O) groups is 1. The molecule has 0 fully saturated rings. The number of aryl methyl sites for hydroxylation is 2. The van der Waals surface area contributed by atoms with Crippen LogP contribution < -0.4 is 10.6 Å². The molecule has 22 heavy (non-hydrogen) atoms. The summed E-state index contributed by atoms with van der Waals surface area (Å²) >= 11 is 1.65. The normalized spacial score (nSPS) is 10.5. The van der Waals surface area contributed by atoms with E-state index in [1.807, 2.05) is 6.92 Å². The predicted molar refractivity (Wildman–Crippen MR) is 87.6 cm³/mol. The molecule has 0 unspecified atom stereocenters. The maximum absolute atomic E-state index is 12.8. The van der Waals surface area contributed by atoms with Crippen molar-refractivity contribution in [3.05, 3.63) is 45.7 Å². The van der Waals surface area contributed by atoms with Gasteiger partial charge in [-0.05, 0) is 44.0 Å². The van der Waals surface area contributed by atoms with Crippen molar-refractivity contribution in [2.24, 2.45) is 0 Å². The Kier molecular flexibility index (Phi) is 5.89. The standard InChI is InChI=1S/C16H20FN3OS/c1-3-4-16-20-11(2)14(22-16)9-19-15(21)10-18-13-7-5-12(17)6-8-13/h5-8,18H,3-4,9-10H2,1-2H3,(H,19,21). The quantitative estimate of drug-likeness (QED) is 0.823. The molecular weight excluding hydrogens is 301 g/mol. The molecule has 0 aliphatic heterocycles. The number of carbonyl (C=O) groups excluding carboxylic acids is 1. The van der Waals surface area contributed by atoms with E-state index in [2.05, 4.69) is 22.5 Å². The molecule has 2 aromatic rings. The van der Waals surface area contributed by atoms with E-state index in [1.54, 1.807) is 23.5 Å². The Balaban J connectivity index is 1.79. The van der Waals surface area contributed by atoms with E-state index >= 15 is 0 Å². The molecule has 0 bridgehead atoms. The minimum Gasteiger partial charge on any atom is -0.376 e. The summed E-state index contributed by atoms with van der Waals surface area (Å²) in [7, 11) is 0. The molecule has 6 heteroatoms. The number of halogens is 1. The van der Waals surface area contributed by atoms with Crippen LogP contribution in [0.15, 0.2) is 24.3 Å². The third-order valence-corrected chi connectivity index (χ3v) is 4.36. The Morgan fingerprint density at radius 3 is 2.73 bits per heavy atom. The first kappa shape index (κ1) is 16.4. The first-order valence-corrected chi connectivity index (χ1v) is 8.11. The molecule has 0 saturated carbocycles. The summed E-state index contributed by atoms with van der Waals surface area (Å²) in [4.78, 5) is 17.4. The van der Waals surface area contributed by atoms with Gasteiger partial charge in [0.15, 0.2) is 0 Å². The van der Waals surface area contributed by atoms with Gasteiger partial charge in [-0.3, -0.25) is 4.79 Å². The number of nitrogens with one attached hydrogen (secondary N) is 2. The van der Waals surface area contributed by atoms with Crippen molar-refractivity contribution in [3.8, 4) is 0 Å². The summed E-state index contributed by atoms with van der Waals surface area (Å²) in [6, 6.07) is 5.92. The molecule has 1 aromatic carbocycles. The fourth-order valence-corrected chi connectivity index (χ4v) is 3.08. The molecule has 2 N–H and O–H groups in total. The van der Waals surface area contributed by atoms with Crippen LogP contribution in [0.1, 0.15) is 28.9 Å². The number of aromatic nitrogens is 1. The van der Waals surface area contributed by atoms with Gasteiger partial charge in [-0.2, -0.15) is 0 Å². The Labute approximate surface area is 133 Å². The van der Waals surface area contributed by atoms with E-state index in [9.17, 15) is 9.18 Å². The highest BCUT2D eigenvalue weighted by Crippen LogP contribution is 2.19. The molecule has 1 aromatic heterocycles. The monoisotopic (exact) mass is 321 g/mol. The minimum atomic E-state index is -0.293. The van der Waals surface area contributed by atoms with Crippen molar-refractivity contribution < 1.29 is 9.18 Å². The second-order valence-corrected chi connectivity index (χ2v) is 6.17. The summed E-state index contributed by atoms with van der Waals surface area (Å²) in [6.45, 7) is 4.75. The average Bonchev–Trinajstić information content (AvgIpc) is 2.85. The van der Waals surface area contributed by atoms with Gasteiger partial charge in [0.25, 0.3) is 0 Å². The molecular formula is C16H20FN3OS. The van der Waals surface area contributed by atoms with Crippen LogP contribution in [0.4, 0.5) is 10.1 Å². The molecule has 0 atom stereocenters. The predicted octanol–water partition coefficient (Wildman–Crippen LogP) is 3.27. The van der Waals surface area contributed by atoms with Crippen molar-refractivity contribution in [1.82, 2.24) is 10.3 Å². The topological polar surface area (TPSA) is 54.0 Å². The van der Waals surface area contributed by atoms with Crippen LogP contribution in [0.3, 0.4) is 0 Å². The first-order chi connectivity index (χ1) is 10.6. The van der Waals surface area contributed by atoms with Crippen LogP contribution in [-0.4, -0.2) is 17.4 Å². The van der Waals surface area contributed by atoms with Gasteiger partial charge < -0.3 is 10.6 Å². The molecule has 0 saturated heterocycles. The van der Waals surface area contributed by atoms with Crippen molar-refractivity contribution in [2.75, 3.05) is 11.9 Å². The second kappa shape index (κ2) is 7.89. The molecule has 1 amide bonds. The highest BCUT2D eigenvalue weighted by atomic mass is 32.1. The fourth-order valence-electron chi connectivity index (χ4n) is 1.96. The van der Waals surface area contributed by atoms with Crippen molar-refractivity contribution in [3.63, 3.8) is 0 Å². The number of benzene rings is 1. The van der Waals surface area contributed by atoms with Gasteiger partial charge in [-0.25, -0.2) is 9.37 Å². The molecule has 0 aliphatic rings. The third kappa shape index (κ3) is 4.80. The molecule has 0 spiro atoms. The Morgan fingerprint density at radius 1 is 1.32 bits per heavy atom. The zero-order valence-electron chi connectivity index (χ0n) is 12.8. The lowest BCUT2D eigenvalue weighted by molar-refractivity contribution is -0.119. The first-order valence-electron chi connectivity index (χ1n) is 7.29. The number of anilines is 1. The highest BCUT2D eigenvalue weighted by Gasteiger charge is 2.08. The molecule has 118 valence electrons. The highest BCUT2D eigenvalue weighted by molar-refractivity contribution is 7.11. The number of thiazole rings is 1. The number of amides is 1. The van der Waals surface area contributed by atoms with Crippen LogP contribution in [0, 0.1) is 12.7 Å². The van der Waals surface area contributed by atoms with Gasteiger partial charge in [-0.1, -0.05) is 6.92 Å². The van der Waals surface area contributed by atoms with Crippen LogP contribution in [-0.2, 0) is 17.8 Å². The number of hydrogen-bond donors (Lipinski definition) is 2. The fraction of sp³-hybridized carbons (Fsp3) is 0.375. The van der Waals surface area contributed by atoms with Crippen LogP contribution in [0.2, 0.25) is 0 Å². The van der Waals surface area contributed by atoms with Crippen molar-refractivity contribution in [1.29, 1.82) is 0 Å². The van der Waals surface area contributed by atoms with Crippen LogP contribution in [0.5, 0.6) is 0 Å². The molecule has 0 aliphatic carbocycles. The lowest BCUT2D eigenvalue weighted by atomic mass is 10.3. The van der Waals surface area contributed by atoms with Crippen LogP contribution >= 0.6 is 11.3 Å². The Bertz CT molecular complexity index is 625. The SMILES string of the molecule is CCCc1nc(C)c(CNC(=O)CNc2ccc(F)cc2)s1. The van der Waals surface area contributed by atoms with Crippen molar-refractivity contribution >= 4 is 22.9 Å². The van der Waals surface area contributed by atoms with E-state index in [1.165, 1.54) is 12.1 Å². The Hall–Kier alpha value is -1.95. The van der Waals surface area contributed by atoms with E-state index < -0.39 is 0 Å². The van der Waals surface area contributed by atoms with Crippen molar-refractivity contribution in [2.45, 2.75) is 33.2 Å². The van der Waals surface area contributed by atoms with Gasteiger partial charge in [0.1, 0.15) is 5.82 Å². The number of nitrogens with zero attached hydrogens (tertiary/aromatic N) is 1. The summed E-state index contributed by atoms with van der Waals surface area (Å²) in [5, 5.41) is 6.95. The Morgan fingerprint density at radius 2 is 2.05 bits per heavy atom. The lowest BCUT2D eigenvalue weighted by Gasteiger charge is -2.07. The number of hydrogen-bond acceptors (Lipinski definition) is 4. The number of rotatable bonds is 7. The van der Waals surface area contributed by atoms with E-state index in [-0.39, 0.29) is 18.3 Å². The van der Waals surface area contributed by atoms with Gasteiger partial charge in [0, 0.05) is 10.6 Å². The largest absolute Gasteiger partial charge is 0.376 e. The third-order valence-electron chi connectivity index (χ3n) is 3.14.